The summed E-state index contributed by atoms with van der Waals surface area (Å²) in [4.78, 5) is 11.6. The van der Waals surface area contributed by atoms with Crippen LogP contribution in [0.3, 0.4) is 0 Å². The molecule has 5 nitrogen and oxygen atoms in total. The van der Waals surface area contributed by atoms with E-state index in [0.29, 0.717) is 11.6 Å². The number of rotatable bonds is 5. The van der Waals surface area contributed by atoms with E-state index in [-0.39, 0.29) is 24.7 Å². The van der Waals surface area contributed by atoms with Crippen molar-refractivity contribution in [2.24, 2.45) is 11.7 Å². The molecule has 0 aromatic heterocycles. The van der Waals surface area contributed by atoms with Gasteiger partial charge in [-0.15, -0.1) is 0 Å². The maximum atomic E-state index is 11.6. The van der Waals surface area contributed by atoms with Crippen LogP contribution in [-0.4, -0.2) is 44.5 Å². The molecule has 2 N–H and O–H groups in total. The standard InChI is InChI=1S/C17H22ClNO4/c1-11-10-22-14(8-5-12-3-6-13(18)7-4-12)17(16(11)21-2)23-15(20)9-19/h3-8,11,14,16-17H,9-10,19H2,1-2H3/b8-5-/t11-,14-,16-,17-/m0/s1. The number of ether oxygens (including phenoxy) is 3. The molecule has 1 aromatic rings. The Balaban J connectivity index is 2.15. The van der Waals surface area contributed by atoms with Gasteiger partial charge in [0.05, 0.1) is 13.2 Å². The predicted octanol–water partition coefficient (Wildman–Crippen LogP) is 2.27. The SMILES string of the molecule is CO[C@@H]1[C@@H](OC(=O)CN)[C@H](/C=C\c2ccc(Cl)cc2)OC[C@@H]1C. The van der Waals surface area contributed by atoms with Crippen LogP contribution in [0.25, 0.3) is 6.08 Å². The van der Waals surface area contributed by atoms with Crippen LogP contribution >= 0.6 is 11.6 Å². The summed E-state index contributed by atoms with van der Waals surface area (Å²) < 4.78 is 16.8. The fourth-order valence-electron chi connectivity index (χ4n) is 2.61. The summed E-state index contributed by atoms with van der Waals surface area (Å²) in [5.74, 6) is -0.351. The van der Waals surface area contributed by atoms with Crippen molar-refractivity contribution in [3.8, 4) is 0 Å². The topological polar surface area (TPSA) is 70.8 Å². The molecule has 0 unspecified atom stereocenters. The Bertz CT molecular complexity index is 546. The molecule has 1 saturated heterocycles. The highest BCUT2D eigenvalue weighted by atomic mass is 35.5. The number of benzene rings is 1. The number of esters is 1. The van der Waals surface area contributed by atoms with Gasteiger partial charge in [-0.1, -0.05) is 42.8 Å². The van der Waals surface area contributed by atoms with Gasteiger partial charge in [-0.3, -0.25) is 4.79 Å². The average Bonchev–Trinajstić information content (AvgIpc) is 2.55. The lowest BCUT2D eigenvalue weighted by atomic mass is 9.93. The summed E-state index contributed by atoms with van der Waals surface area (Å²) in [5.41, 5.74) is 6.33. The third kappa shape index (κ3) is 4.78. The third-order valence-electron chi connectivity index (χ3n) is 3.81. The molecule has 0 spiro atoms. The molecule has 1 heterocycles. The minimum absolute atomic E-state index is 0.121. The molecule has 23 heavy (non-hydrogen) atoms. The fourth-order valence-corrected chi connectivity index (χ4v) is 2.73. The minimum Gasteiger partial charge on any atom is -0.455 e. The molecule has 2 rings (SSSR count). The highest BCUT2D eigenvalue weighted by molar-refractivity contribution is 6.30. The van der Waals surface area contributed by atoms with Gasteiger partial charge in [-0.05, 0) is 17.7 Å². The molecule has 1 aliphatic rings. The summed E-state index contributed by atoms with van der Waals surface area (Å²) in [6, 6.07) is 7.43. The number of carbonyl (C=O) groups is 1. The Hall–Kier alpha value is -1.40. The normalized spacial score (nSPS) is 28.0. The number of methoxy groups -OCH3 is 1. The highest BCUT2D eigenvalue weighted by Crippen LogP contribution is 2.26. The Kier molecular flexibility index (Phi) is 6.59. The van der Waals surface area contributed by atoms with Gasteiger partial charge in [0, 0.05) is 18.1 Å². The molecule has 0 aliphatic carbocycles. The van der Waals surface area contributed by atoms with Crippen molar-refractivity contribution in [1.29, 1.82) is 0 Å². The molecular formula is C17H22ClNO4. The van der Waals surface area contributed by atoms with Crippen molar-refractivity contribution in [2.75, 3.05) is 20.3 Å². The molecule has 1 fully saturated rings. The first-order valence-corrected chi connectivity index (χ1v) is 7.90. The number of nitrogens with two attached hydrogens (primary N) is 1. The van der Waals surface area contributed by atoms with Gasteiger partial charge in [0.25, 0.3) is 0 Å². The summed E-state index contributed by atoms with van der Waals surface area (Å²) in [5, 5.41) is 0.680. The lowest BCUT2D eigenvalue weighted by Gasteiger charge is -2.39. The smallest absolute Gasteiger partial charge is 0.320 e. The average molecular weight is 340 g/mol. The van der Waals surface area contributed by atoms with Crippen LogP contribution in [-0.2, 0) is 19.0 Å². The molecule has 126 valence electrons. The van der Waals surface area contributed by atoms with Crippen LogP contribution < -0.4 is 5.73 Å². The van der Waals surface area contributed by atoms with Crippen molar-refractivity contribution >= 4 is 23.6 Å². The maximum Gasteiger partial charge on any atom is 0.320 e. The van der Waals surface area contributed by atoms with E-state index in [0.717, 1.165) is 5.56 Å². The Morgan fingerprint density at radius 3 is 2.70 bits per heavy atom. The van der Waals surface area contributed by atoms with Gasteiger partial charge in [-0.2, -0.15) is 0 Å². The van der Waals surface area contributed by atoms with E-state index in [1.165, 1.54) is 0 Å². The highest BCUT2D eigenvalue weighted by Gasteiger charge is 2.40. The maximum absolute atomic E-state index is 11.6. The minimum atomic E-state index is -0.525. The zero-order valence-corrected chi connectivity index (χ0v) is 14.0. The number of hydrogen-bond acceptors (Lipinski definition) is 5. The van der Waals surface area contributed by atoms with Crippen molar-refractivity contribution in [3.05, 3.63) is 40.9 Å². The zero-order chi connectivity index (χ0) is 16.8. The van der Waals surface area contributed by atoms with Gasteiger partial charge in [0.2, 0.25) is 0 Å². The molecule has 0 amide bonds. The van der Waals surface area contributed by atoms with Gasteiger partial charge in [-0.25, -0.2) is 0 Å². The van der Waals surface area contributed by atoms with Crippen LogP contribution in [0, 0.1) is 5.92 Å². The largest absolute Gasteiger partial charge is 0.455 e. The Labute approximate surface area is 141 Å². The number of halogens is 1. The first-order valence-electron chi connectivity index (χ1n) is 7.53. The molecule has 6 heteroatoms. The number of carbonyl (C=O) groups excluding carboxylic acids is 1. The van der Waals surface area contributed by atoms with E-state index in [2.05, 4.69) is 0 Å². The quantitative estimate of drug-likeness (QED) is 0.833. The first kappa shape index (κ1) is 17.9. The lowest BCUT2D eigenvalue weighted by Crippen LogP contribution is -2.52. The monoisotopic (exact) mass is 339 g/mol. The Morgan fingerprint density at radius 1 is 1.39 bits per heavy atom. The second-order valence-electron chi connectivity index (χ2n) is 5.54. The van der Waals surface area contributed by atoms with Crippen molar-refractivity contribution in [1.82, 2.24) is 0 Å². The van der Waals surface area contributed by atoms with Crippen LogP contribution in [0.15, 0.2) is 30.3 Å². The van der Waals surface area contributed by atoms with Crippen molar-refractivity contribution in [2.45, 2.75) is 25.2 Å². The molecule has 1 aliphatic heterocycles. The van der Waals surface area contributed by atoms with Crippen molar-refractivity contribution < 1.29 is 19.0 Å². The predicted molar refractivity (Wildman–Crippen MR) is 89.1 cm³/mol. The van der Waals surface area contributed by atoms with Crippen molar-refractivity contribution in [3.63, 3.8) is 0 Å². The van der Waals surface area contributed by atoms with E-state index in [4.69, 9.17) is 31.5 Å². The summed E-state index contributed by atoms with van der Waals surface area (Å²) >= 11 is 5.88. The second-order valence-corrected chi connectivity index (χ2v) is 5.98. The van der Waals surface area contributed by atoms with Crippen LogP contribution in [0.5, 0.6) is 0 Å². The fraction of sp³-hybridized carbons (Fsp3) is 0.471. The molecular weight excluding hydrogens is 318 g/mol. The lowest BCUT2D eigenvalue weighted by molar-refractivity contribution is -0.189. The molecule has 0 saturated carbocycles. The van der Waals surface area contributed by atoms with Crippen LogP contribution in [0.1, 0.15) is 12.5 Å². The summed E-state index contributed by atoms with van der Waals surface area (Å²) in [6.45, 7) is 2.36. The van der Waals surface area contributed by atoms with E-state index in [9.17, 15) is 4.79 Å². The van der Waals surface area contributed by atoms with E-state index in [1.807, 2.05) is 43.3 Å². The van der Waals surface area contributed by atoms with E-state index < -0.39 is 12.1 Å². The molecule has 0 bridgehead atoms. The van der Waals surface area contributed by atoms with E-state index in [1.54, 1.807) is 7.11 Å². The molecule has 4 atom stereocenters. The van der Waals surface area contributed by atoms with Gasteiger partial charge < -0.3 is 19.9 Å². The van der Waals surface area contributed by atoms with Gasteiger partial charge >= 0.3 is 5.97 Å². The van der Waals surface area contributed by atoms with Crippen LogP contribution in [0.4, 0.5) is 0 Å². The summed E-state index contributed by atoms with van der Waals surface area (Å²) in [6.07, 6.45) is 2.63. The summed E-state index contributed by atoms with van der Waals surface area (Å²) in [7, 11) is 1.61. The second kappa shape index (κ2) is 8.45. The number of hydrogen-bond donors (Lipinski definition) is 1. The third-order valence-corrected chi connectivity index (χ3v) is 4.07. The van der Waals surface area contributed by atoms with Gasteiger partial charge in [0.15, 0.2) is 6.10 Å². The molecule has 0 radical (unpaired) electrons. The zero-order valence-electron chi connectivity index (χ0n) is 13.3. The van der Waals surface area contributed by atoms with Gasteiger partial charge in [0.1, 0.15) is 12.2 Å². The van der Waals surface area contributed by atoms with E-state index >= 15 is 0 Å². The van der Waals surface area contributed by atoms with Crippen LogP contribution in [0.2, 0.25) is 5.02 Å². The molecule has 1 aromatic carbocycles. The Morgan fingerprint density at radius 2 is 2.09 bits per heavy atom. The first-order chi connectivity index (χ1) is 11.0.